The summed E-state index contributed by atoms with van der Waals surface area (Å²) in [7, 11) is 0. The summed E-state index contributed by atoms with van der Waals surface area (Å²) >= 11 is 3.06. The van der Waals surface area contributed by atoms with Gasteiger partial charge in [-0.25, -0.2) is 4.98 Å². The van der Waals surface area contributed by atoms with Gasteiger partial charge in [-0.1, -0.05) is 24.7 Å². The molecule has 0 bridgehead atoms. The van der Waals surface area contributed by atoms with Crippen LogP contribution >= 0.6 is 22.7 Å². The Morgan fingerprint density at radius 1 is 1.08 bits per heavy atom. The number of anilines is 1. The van der Waals surface area contributed by atoms with Gasteiger partial charge in [-0.3, -0.25) is 0 Å². The fourth-order valence-corrected chi connectivity index (χ4v) is 6.03. The van der Waals surface area contributed by atoms with Crippen LogP contribution in [-0.4, -0.2) is 24.7 Å². The van der Waals surface area contributed by atoms with Crippen molar-refractivity contribution >= 4 is 60.4 Å². The van der Waals surface area contributed by atoms with Crippen LogP contribution in [0.2, 0.25) is 0 Å². The molecule has 8 heteroatoms. The monoisotopic (exact) mass is 513 g/mol. The Kier molecular flexibility index (Phi) is 7.70. The minimum absolute atomic E-state index is 0.612. The van der Waals surface area contributed by atoms with Crippen LogP contribution < -0.4 is 9.64 Å². The van der Waals surface area contributed by atoms with Crippen molar-refractivity contribution in [3.63, 3.8) is 0 Å². The van der Waals surface area contributed by atoms with Gasteiger partial charge in [-0.15, -0.1) is 21.6 Å². The van der Waals surface area contributed by atoms with E-state index >= 15 is 0 Å². The number of fused-ring (bicyclic) bond motifs is 1. The number of benzene rings is 2. The van der Waals surface area contributed by atoms with Crippen LogP contribution in [0.25, 0.3) is 21.2 Å². The van der Waals surface area contributed by atoms with Crippen LogP contribution in [0.3, 0.4) is 0 Å². The van der Waals surface area contributed by atoms with Crippen molar-refractivity contribution in [1.82, 2.24) is 4.98 Å². The van der Waals surface area contributed by atoms with E-state index in [1.54, 1.807) is 11.3 Å². The van der Waals surface area contributed by atoms with Gasteiger partial charge >= 0.3 is 0 Å². The molecular formula is C28H27N5OS2. The molecule has 182 valence electrons. The summed E-state index contributed by atoms with van der Waals surface area (Å²) in [6.07, 6.45) is 6.57. The first-order valence-electron chi connectivity index (χ1n) is 12.2. The number of thiazole rings is 1. The lowest BCUT2D eigenvalue weighted by atomic mass is 10.1. The number of aromatic nitrogens is 1. The molecule has 5 rings (SSSR count). The second-order valence-corrected chi connectivity index (χ2v) is 10.7. The number of thiophene rings is 1. The van der Waals surface area contributed by atoms with Gasteiger partial charge in [0.1, 0.15) is 10.6 Å². The number of ether oxygens (including phenoxy) is 1. The van der Waals surface area contributed by atoms with Gasteiger partial charge in [0.2, 0.25) is 5.13 Å². The Hall–Kier alpha value is -3.54. The molecule has 0 atom stereocenters. The molecule has 0 unspecified atom stereocenters. The molecule has 0 aliphatic carbocycles. The normalized spacial score (nSPS) is 14.1. The van der Waals surface area contributed by atoms with Crippen molar-refractivity contribution in [3.05, 3.63) is 65.0 Å². The lowest BCUT2D eigenvalue weighted by Gasteiger charge is -2.17. The topological polar surface area (TPSA) is 73.9 Å². The van der Waals surface area contributed by atoms with Gasteiger partial charge in [0, 0.05) is 23.7 Å². The molecule has 0 saturated carbocycles. The smallest absolute Gasteiger partial charge is 0.231 e. The van der Waals surface area contributed by atoms with Gasteiger partial charge in [-0.05, 0) is 85.5 Å². The summed E-state index contributed by atoms with van der Waals surface area (Å²) < 4.78 is 6.77. The largest absolute Gasteiger partial charge is 0.494 e. The molecule has 1 aliphatic rings. The molecular weight excluding hydrogens is 486 g/mol. The lowest BCUT2D eigenvalue weighted by molar-refractivity contribution is 0.309. The number of nitrogens with zero attached hydrogens (tertiary/aromatic N) is 5. The molecule has 1 fully saturated rings. The van der Waals surface area contributed by atoms with Gasteiger partial charge in [0.05, 0.1) is 28.6 Å². The summed E-state index contributed by atoms with van der Waals surface area (Å²) in [5, 5.41) is 19.1. The number of azo groups is 1. The van der Waals surface area contributed by atoms with E-state index in [9.17, 15) is 5.26 Å². The summed E-state index contributed by atoms with van der Waals surface area (Å²) in [6, 6.07) is 20.3. The molecule has 3 heterocycles. The molecule has 6 nitrogen and oxygen atoms in total. The number of rotatable bonds is 9. The van der Waals surface area contributed by atoms with Crippen molar-refractivity contribution in [3.8, 4) is 11.8 Å². The van der Waals surface area contributed by atoms with Crippen molar-refractivity contribution in [1.29, 1.82) is 5.26 Å². The highest BCUT2D eigenvalue weighted by molar-refractivity contribution is 7.29. The quantitative estimate of drug-likeness (QED) is 0.128. The van der Waals surface area contributed by atoms with Gasteiger partial charge in [-0.2, -0.15) is 5.26 Å². The Bertz CT molecular complexity index is 1370. The molecule has 36 heavy (non-hydrogen) atoms. The van der Waals surface area contributed by atoms with Crippen LogP contribution in [0.1, 0.15) is 43.0 Å². The SMILES string of the molecule is CCCCOc1ccc(/C(C#N)=C/c2cc3sc(/N=N/c4ccc(N5CCCC5)cc4)nc3s2)cc1. The molecule has 1 saturated heterocycles. The predicted octanol–water partition coefficient (Wildman–Crippen LogP) is 8.62. The second kappa shape index (κ2) is 11.5. The van der Waals surface area contributed by atoms with Crippen LogP contribution in [0.4, 0.5) is 16.5 Å². The maximum Gasteiger partial charge on any atom is 0.231 e. The Morgan fingerprint density at radius 3 is 2.56 bits per heavy atom. The van der Waals surface area contributed by atoms with Crippen molar-refractivity contribution in [2.45, 2.75) is 32.6 Å². The maximum atomic E-state index is 9.72. The summed E-state index contributed by atoms with van der Waals surface area (Å²) in [5.74, 6) is 0.828. The van der Waals surface area contributed by atoms with Crippen LogP contribution in [0, 0.1) is 11.3 Å². The Labute approximate surface area is 219 Å². The Balaban J connectivity index is 1.25. The number of unbranched alkanes of at least 4 members (excludes halogenated alkanes) is 1. The van der Waals surface area contributed by atoms with Gasteiger partial charge in [0.15, 0.2) is 0 Å². The van der Waals surface area contributed by atoms with Crippen molar-refractivity contribution < 1.29 is 4.74 Å². The average Bonchev–Trinajstić information content (AvgIpc) is 3.64. The highest BCUT2D eigenvalue weighted by Crippen LogP contribution is 2.36. The maximum absolute atomic E-state index is 9.72. The van der Waals surface area contributed by atoms with E-state index in [0.29, 0.717) is 17.3 Å². The van der Waals surface area contributed by atoms with Crippen LogP contribution in [0.5, 0.6) is 5.75 Å². The van der Waals surface area contributed by atoms with Crippen LogP contribution in [-0.2, 0) is 0 Å². The molecule has 2 aromatic heterocycles. The highest BCUT2D eigenvalue weighted by Gasteiger charge is 2.12. The number of nitriles is 1. The van der Waals surface area contributed by atoms with Gasteiger partial charge in [0.25, 0.3) is 0 Å². The molecule has 2 aromatic carbocycles. The predicted molar refractivity (Wildman–Crippen MR) is 150 cm³/mol. The van der Waals surface area contributed by atoms with E-state index in [1.807, 2.05) is 42.5 Å². The molecule has 0 N–H and O–H groups in total. The zero-order valence-corrected chi connectivity index (χ0v) is 21.8. The fraction of sp³-hybridized carbons (Fsp3) is 0.286. The molecule has 1 aliphatic heterocycles. The minimum atomic E-state index is 0.612. The van der Waals surface area contributed by atoms with Crippen molar-refractivity contribution in [2.24, 2.45) is 10.2 Å². The standard InChI is InChI=1S/C28H27N5OS2/c1-2-3-16-34-24-12-6-20(7-13-24)21(19-29)17-25-18-26-27(35-25)30-28(36-26)32-31-22-8-10-23(11-9-22)33-14-4-5-15-33/h6-13,17-18H,2-5,14-16H2,1H3/b21-17+,32-31+. The fourth-order valence-electron chi connectivity index (χ4n) is 4.05. The first-order chi connectivity index (χ1) is 17.7. The third-order valence-electron chi connectivity index (χ3n) is 6.01. The molecule has 4 aromatic rings. The van der Waals surface area contributed by atoms with Gasteiger partial charge < -0.3 is 9.64 Å². The second-order valence-electron chi connectivity index (χ2n) is 8.62. The summed E-state index contributed by atoms with van der Waals surface area (Å²) in [6.45, 7) is 5.11. The van der Waals surface area contributed by atoms with Crippen LogP contribution in [0.15, 0.2) is 64.8 Å². The Morgan fingerprint density at radius 2 is 1.86 bits per heavy atom. The minimum Gasteiger partial charge on any atom is -0.494 e. The first-order valence-corrected chi connectivity index (χ1v) is 13.9. The first kappa shape index (κ1) is 24.2. The number of hydrogen-bond acceptors (Lipinski definition) is 8. The zero-order valence-electron chi connectivity index (χ0n) is 20.2. The molecule has 0 radical (unpaired) electrons. The zero-order chi connectivity index (χ0) is 24.7. The van der Waals surface area contributed by atoms with E-state index in [1.165, 1.54) is 29.9 Å². The summed E-state index contributed by atoms with van der Waals surface area (Å²) in [5.41, 5.74) is 3.55. The lowest BCUT2D eigenvalue weighted by Crippen LogP contribution is -2.17. The average molecular weight is 514 g/mol. The number of hydrogen-bond donors (Lipinski definition) is 0. The third kappa shape index (κ3) is 5.81. The summed E-state index contributed by atoms with van der Waals surface area (Å²) in [4.78, 5) is 8.92. The van der Waals surface area contributed by atoms with E-state index in [0.717, 1.165) is 57.3 Å². The molecule has 0 spiro atoms. The third-order valence-corrected chi connectivity index (χ3v) is 8.00. The molecule has 0 amide bonds. The number of allylic oxidation sites excluding steroid dienone is 1. The van der Waals surface area contributed by atoms with Crippen molar-refractivity contribution in [2.75, 3.05) is 24.6 Å². The van der Waals surface area contributed by atoms with E-state index in [-0.39, 0.29) is 0 Å². The van der Waals surface area contributed by atoms with E-state index < -0.39 is 0 Å². The van der Waals surface area contributed by atoms with E-state index in [4.69, 9.17) is 4.74 Å². The highest BCUT2D eigenvalue weighted by atomic mass is 32.1. The van der Waals surface area contributed by atoms with E-state index in [2.05, 4.69) is 51.3 Å².